The van der Waals surface area contributed by atoms with Crippen molar-refractivity contribution in [1.82, 2.24) is 9.97 Å². The number of nitrogen functional groups attached to an aromatic ring is 1. The van der Waals surface area contributed by atoms with Crippen LogP contribution < -0.4 is 10.6 Å². The highest BCUT2D eigenvalue weighted by Crippen LogP contribution is 2.20. The second-order valence-electron chi connectivity index (χ2n) is 4.26. The first-order chi connectivity index (χ1) is 6.86. The van der Waals surface area contributed by atoms with E-state index in [1.165, 1.54) is 0 Å². The van der Waals surface area contributed by atoms with Crippen LogP contribution in [-0.2, 0) is 0 Å². The fraction of sp³-hybridized carbons (Fsp3) is 0.600. The third-order valence-corrected chi connectivity index (χ3v) is 2.50. The zero-order valence-corrected chi connectivity index (χ0v) is 9.65. The lowest BCUT2D eigenvalue weighted by Gasteiger charge is -2.34. The SMILES string of the molecule is Cc1cc(N(C)C(C)(C)CO)nc(N)n1. The molecule has 3 N–H and O–H groups in total. The van der Waals surface area contributed by atoms with Gasteiger partial charge in [0.1, 0.15) is 5.82 Å². The third kappa shape index (κ3) is 2.56. The van der Waals surface area contributed by atoms with E-state index >= 15 is 0 Å². The molecule has 0 radical (unpaired) electrons. The average Bonchev–Trinajstić information content (AvgIpc) is 2.15. The molecule has 0 amide bonds. The first-order valence-electron chi connectivity index (χ1n) is 4.82. The number of rotatable bonds is 3. The summed E-state index contributed by atoms with van der Waals surface area (Å²) >= 11 is 0. The van der Waals surface area contributed by atoms with E-state index in [-0.39, 0.29) is 18.1 Å². The highest BCUT2D eigenvalue weighted by Gasteiger charge is 2.24. The standard InChI is InChI=1S/C10H18N4O/c1-7-5-8(13-9(11)12-7)14(4)10(2,3)6-15/h5,15H,6H2,1-4H3,(H2,11,12,13). The molecule has 84 valence electrons. The summed E-state index contributed by atoms with van der Waals surface area (Å²) in [4.78, 5) is 10.0. The number of hydrogen-bond acceptors (Lipinski definition) is 5. The number of likely N-dealkylation sites (N-methyl/N-ethyl adjacent to an activating group) is 1. The summed E-state index contributed by atoms with van der Waals surface area (Å²) in [5.41, 5.74) is 6.02. The number of aromatic nitrogens is 2. The van der Waals surface area contributed by atoms with Crippen LogP contribution in [0.3, 0.4) is 0 Å². The van der Waals surface area contributed by atoms with Crippen LogP contribution >= 0.6 is 0 Å². The van der Waals surface area contributed by atoms with Gasteiger partial charge in [-0.3, -0.25) is 0 Å². The molecular formula is C10H18N4O. The van der Waals surface area contributed by atoms with E-state index < -0.39 is 0 Å². The fourth-order valence-electron chi connectivity index (χ4n) is 1.16. The van der Waals surface area contributed by atoms with Crippen LogP contribution in [0, 0.1) is 6.92 Å². The zero-order chi connectivity index (χ0) is 11.6. The van der Waals surface area contributed by atoms with Crippen molar-refractivity contribution in [2.24, 2.45) is 0 Å². The highest BCUT2D eigenvalue weighted by atomic mass is 16.3. The Morgan fingerprint density at radius 2 is 2.07 bits per heavy atom. The summed E-state index contributed by atoms with van der Waals surface area (Å²) in [5, 5.41) is 9.25. The van der Waals surface area contributed by atoms with Gasteiger partial charge < -0.3 is 15.7 Å². The van der Waals surface area contributed by atoms with Crippen LogP contribution in [-0.4, -0.2) is 34.3 Å². The Hall–Kier alpha value is -1.36. The van der Waals surface area contributed by atoms with Gasteiger partial charge in [-0.2, -0.15) is 4.98 Å². The first-order valence-corrected chi connectivity index (χ1v) is 4.82. The molecule has 1 heterocycles. The molecule has 0 unspecified atom stereocenters. The molecular weight excluding hydrogens is 192 g/mol. The minimum atomic E-state index is -0.368. The maximum Gasteiger partial charge on any atom is 0.222 e. The Morgan fingerprint density at radius 1 is 1.47 bits per heavy atom. The van der Waals surface area contributed by atoms with E-state index in [1.807, 2.05) is 38.8 Å². The van der Waals surface area contributed by atoms with Gasteiger partial charge in [0.15, 0.2) is 0 Å². The van der Waals surface area contributed by atoms with Crippen LogP contribution in [0.1, 0.15) is 19.5 Å². The molecule has 0 aromatic carbocycles. The molecule has 1 aromatic heterocycles. The molecule has 1 aromatic rings. The second kappa shape index (κ2) is 4.02. The van der Waals surface area contributed by atoms with Crippen molar-refractivity contribution in [1.29, 1.82) is 0 Å². The lowest BCUT2D eigenvalue weighted by molar-refractivity contribution is 0.215. The lowest BCUT2D eigenvalue weighted by Crippen LogP contribution is -2.45. The van der Waals surface area contributed by atoms with Crippen molar-refractivity contribution in [3.05, 3.63) is 11.8 Å². The Morgan fingerprint density at radius 3 is 2.53 bits per heavy atom. The van der Waals surface area contributed by atoms with Crippen LogP contribution in [0.2, 0.25) is 0 Å². The van der Waals surface area contributed by atoms with Gasteiger partial charge in [-0.15, -0.1) is 0 Å². The quantitative estimate of drug-likeness (QED) is 0.763. The Balaban J connectivity index is 3.06. The van der Waals surface area contributed by atoms with Crippen molar-refractivity contribution in [3.63, 3.8) is 0 Å². The second-order valence-corrected chi connectivity index (χ2v) is 4.26. The zero-order valence-electron chi connectivity index (χ0n) is 9.65. The van der Waals surface area contributed by atoms with E-state index in [4.69, 9.17) is 5.73 Å². The average molecular weight is 210 g/mol. The molecule has 0 aliphatic rings. The van der Waals surface area contributed by atoms with E-state index in [0.29, 0.717) is 0 Å². The summed E-state index contributed by atoms with van der Waals surface area (Å²) in [6.07, 6.45) is 0. The molecule has 0 atom stereocenters. The molecule has 1 rings (SSSR count). The predicted molar refractivity (Wildman–Crippen MR) is 60.7 cm³/mol. The van der Waals surface area contributed by atoms with Gasteiger partial charge in [0.25, 0.3) is 0 Å². The number of aliphatic hydroxyl groups excluding tert-OH is 1. The summed E-state index contributed by atoms with van der Waals surface area (Å²) < 4.78 is 0. The first kappa shape index (κ1) is 11.7. The van der Waals surface area contributed by atoms with Crippen molar-refractivity contribution >= 4 is 11.8 Å². The monoisotopic (exact) mass is 210 g/mol. The van der Waals surface area contributed by atoms with E-state index in [2.05, 4.69) is 9.97 Å². The summed E-state index contributed by atoms with van der Waals surface area (Å²) in [5.74, 6) is 0.977. The molecule has 5 nitrogen and oxygen atoms in total. The molecule has 0 spiro atoms. The Labute approximate surface area is 90.0 Å². The van der Waals surface area contributed by atoms with Gasteiger partial charge in [0.05, 0.1) is 12.1 Å². The topological polar surface area (TPSA) is 75.3 Å². The number of hydrogen-bond donors (Lipinski definition) is 2. The molecule has 15 heavy (non-hydrogen) atoms. The van der Waals surface area contributed by atoms with Crippen LogP contribution in [0.5, 0.6) is 0 Å². The van der Waals surface area contributed by atoms with Gasteiger partial charge in [-0.25, -0.2) is 4.98 Å². The molecule has 0 aliphatic carbocycles. The minimum Gasteiger partial charge on any atom is -0.394 e. The molecule has 0 aliphatic heterocycles. The van der Waals surface area contributed by atoms with Crippen LogP contribution in [0.4, 0.5) is 11.8 Å². The summed E-state index contributed by atoms with van der Waals surface area (Å²) in [7, 11) is 1.87. The summed E-state index contributed by atoms with van der Waals surface area (Å²) in [6.45, 7) is 5.77. The van der Waals surface area contributed by atoms with Gasteiger partial charge in [-0.1, -0.05) is 0 Å². The summed E-state index contributed by atoms with van der Waals surface area (Å²) in [6, 6.07) is 1.84. The van der Waals surface area contributed by atoms with Gasteiger partial charge >= 0.3 is 0 Å². The van der Waals surface area contributed by atoms with Gasteiger partial charge in [0, 0.05) is 18.8 Å². The number of aryl methyl sites for hydroxylation is 1. The number of aliphatic hydroxyl groups is 1. The molecule has 0 fully saturated rings. The molecule has 0 bridgehead atoms. The number of anilines is 2. The molecule has 0 saturated carbocycles. The van der Waals surface area contributed by atoms with Crippen molar-refractivity contribution < 1.29 is 5.11 Å². The number of nitrogens with two attached hydrogens (primary N) is 1. The maximum atomic E-state index is 9.25. The van der Waals surface area contributed by atoms with Gasteiger partial charge in [-0.05, 0) is 20.8 Å². The highest BCUT2D eigenvalue weighted by molar-refractivity contribution is 5.44. The van der Waals surface area contributed by atoms with Crippen molar-refractivity contribution in [3.8, 4) is 0 Å². The van der Waals surface area contributed by atoms with Crippen molar-refractivity contribution in [2.45, 2.75) is 26.3 Å². The Kier molecular flexibility index (Phi) is 3.14. The van der Waals surface area contributed by atoms with Gasteiger partial charge in [0.2, 0.25) is 5.95 Å². The van der Waals surface area contributed by atoms with E-state index in [0.717, 1.165) is 11.5 Å². The minimum absolute atomic E-state index is 0.0481. The molecule has 0 saturated heterocycles. The fourth-order valence-corrected chi connectivity index (χ4v) is 1.16. The predicted octanol–water partition coefficient (Wildman–Crippen LogP) is 0.574. The largest absolute Gasteiger partial charge is 0.394 e. The molecule has 5 heteroatoms. The van der Waals surface area contributed by atoms with E-state index in [1.54, 1.807) is 0 Å². The Bertz CT molecular complexity index is 331. The third-order valence-electron chi connectivity index (χ3n) is 2.50. The maximum absolute atomic E-state index is 9.25. The van der Waals surface area contributed by atoms with Crippen LogP contribution in [0.25, 0.3) is 0 Å². The lowest BCUT2D eigenvalue weighted by atomic mass is 10.1. The van der Waals surface area contributed by atoms with Crippen molar-refractivity contribution in [2.75, 3.05) is 24.3 Å². The normalized spacial score (nSPS) is 11.5. The smallest absolute Gasteiger partial charge is 0.222 e. The number of nitrogens with zero attached hydrogens (tertiary/aromatic N) is 3. The van der Waals surface area contributed by atoms with E-state index in [9.17, 15) is 5.11 Å². The van der Waals surface area contributed by atoms with Crippen LogP contribution in [0.15, 0.2) is 6.07 Å².